The van der Waals surface area contributed by atoms with Gasteiger partial charge < -0.3 is 4.90 Å². The van der Waals surface area contributed by atoms with Gasteiger partial charge in [-0.15, -0.1) is 0 Å². The van der Waals surface area contributed by atoms with E-state index in [-0.39, 0.29) is 0 Å². The van der Waals surface area contributed by atoms with Gasteiger partial charge in [0, 0.05) is 25.7 Å². The molecule has 0 aliphatic rings. The molecule has 0 saturated carbocycles. The summed E-state index contributed by atoms with van der Waals surface area (Å²) in [7, 11) is 0. The summed E-state index contributed by atoms with van der Waals surface area (Å²) in [5.41, 5.74) is 0.359. The van der Waals surface area contributed by atoms with Gasteiger partial charge >= 0.3 is 0 Å². The highest BCUT2D eigenvalue weighted by molar-refractivity contribution is 4.78. The number of nitrogens with zero attached hydrogens (tertiary/aromatic N) is 4. The van der Waals surface area contributed by atoms with Gasteiger partial charge in [0.05, 0.1) is 0 Å². The third-order valence-electron chi connectivity index (χ3n) is 4.20. The summed E-state index contributed by atoms with van der Waals surface area (Å²) in [4.78, 5) is 6.56. The highest BCUT2D eigenvalue weighted by atomic mass is 15.3. The van der Waals surface area contributed by atoms with Gasteiger partial charge in [-0.3, -0.25) is 4.68 Å². The van der Waals surface area contributed by atoms with Crippen LogP contribution >= 0.6 is 0 Å². The van der Waals surface area contributed by atoms with E-state index in [0.29, 0.717) is 17.4 Å². The summed E-state index contributed by atoms with van der Waals surface area (Å²) in [6.07, 6.45) is 4.51. The number of aromatic nitrogens is 3. The average Bonchev–Trinajstić information content (AvgIpc) is 2.80. The van der Waals surface area contributed by atoms with E-state index >= 15 is 0 Å². The zero-order valence-electron chi connectivity index (χ0n) is 13.4. The Bertz CT molecular complexity index is 341. The molecule has 0 amide bonds. The van der Waals surface area contributed by atoms with Crippen molar-refractivity contribution in [2.24, 2.45) is 11.3 Å². The van der Waals surface area contributed by atoms with E-state index in [9.17, 15) is 0 Å². The van der Waals surface area contributed by atoms with Gasteiger partial charge in [-0.1, -0.05) is 27.7 Å². The fourth-order valence-electron chi connectivity index (χ4n) is 2.01. The van der Waals surface area contributed by atoms with E-state index < -0.39 is 0 Å². The predicted molar refractivity (Wildman–Crippen MR) is 80.0 cm³/mol. The lowest BCUT2D eigenvalue weighted by atomic mass is 9.80. The zero-order valence-corrected chi connectivity index (χ0v) is 13.4. The van der Waals surface area contributed by atoms with Crippen molar-refractivity contribution in [3.63, 3.8) is 0 Å². The normalized spacial score (nSPS) is 12.9. The minimum atomic E-state index is 0.359. The minimum Gasteiger partial charge on any atom is -0.300 e. The first-order chi connectivity index (χ1) is 8.83. The van der Waals surface area contributed by atoms with Crippen molar-refractivity contribution in [1.29, 1.82) is 0 Å². The quantitative estimate of drug-likeness (QED) is 0.725. The van der Waals surface area contributed by atoms with Crippen molar-refractivity contribution in [2.75, 3.05) is 13.1 Å². The Morgan fingerprint density at radius 3 is 2.37 bits per heavy atom. The molecule has 1 rings (SSSR count). The first kappa shape index (κ1) is 16.2. The van der Waals surface area contributed by atoms with E-state index in [2.05, 4.69) is 56.5 Å². The topological polar surface area (TPSA) is 34.0 Å². The smallest absolute Gasteiger partial charge is 0.137 e. The van der Waals surface area contributed by atoms with Crippen LogP contribution in [-0.2, 0) is 6.54 Å². The van der Waals surface area contributed by atoms with Gasteiger partial charge in [-0.25, -0.2) is 4.98 Å². The molecule has 110 valence electrons. The second kappa shape index (κ2) is 7.04. The van der Waals surface area contributed by atoms with E-state index in [1.807, 2.05) is 4.68 Å². The standard InChI is InChI=1S/C15H30N4/c1-13(2)15(5,6)10-18(14(3)4)8-7-9-19-12-16-11-17-19/h11-14H,7-10H2,1-6H3. The molecule has 1 aromatic heterocycles. The molecule has 0 aromatic carbocycles. The molecule has 19 heavy (non-hydrogen) atoms. The lowest BCUT2D eigenvalue weighted by Gasteiger charge is -2.38. The summed E-state index contributed by atoms with van der Waals surface area (Å²) in [6, 6.07) is 0.591. The number of aryl methyl sites for hydroxylation is 1. The van der Waals surface area contributed by atoms with Gasteiger partial charge in [0.2, 0.25) is 0 Å². The van der Waals surface area contributed by atoms with Crippen LogP contribution in [0.3, 0.4) is 0 Å². The van der Waals surface area contributed by atoms with Crippen LogP contribution in [-0.4, -0.2) is 38.8 Å². The Hall–Kier alpha value is -0.900. The van der Waals surface area contributed by atoms with Crippen LogP contribution in [0.4, 0.5) is 0 Å². The van der Waals surface area contributed by atoms with Gasteiger partial charge in [0.25, 0.3) is 0 Å². The van der Waals surface area contributed by atoms with E-state index in [0.717, 1.165) is 26.1 Å². The van der Waals surface area contributed by atoms with Gasteiger partial charge in [-0.2, -0.15) is 5.10 Å². The maximum Gasteiger partial charge on any atom is 0.137 e. The highest BCUT2D eigenvalue weighted by Crippen LogP contribution is 2.27. The van der Waals surface area contributed by atoms with Crippen molar-refractivity contribution in [2.45, 2.75) is 60.5 Å². The van der Waals surface area contributed by atoms with Gasteiger partial charge in [0.15, 0.2) is 0 Å². The molecular weight excluding hydrogens is 236 g/mol. The van der Waals surface area contributed by atoms with Crippen LogP contribution in [0.25, 0.3) is 0 Å². The largest absolute Gasteiger partial charge is 0.300 e. The van der Waals surface area contributed by atoms with Crippen molar-refractivity contribution in [1.82, 2.24) is 19.7 Å². The van der Waals surface area contributed by atoms with Gasteiger partial charge in [-0.05, 0) is 31.6 Å². The third kappa shape index (κ3) is 5.31. The van der Waals surface area contributed by atoms with Crippen LogP contribution in [0.2, 0.25) is 0 Å². The monoisotopic (exact) mass is 266 g/mol. The first-order valence-electron chi connectivity index (χ1n) is 7.39. The number of hydrogen-bond donors (Lipinski definition) is 0. The van der Waals surface area contributed by atoms with Crippen molar-refractivity contribution < 1.29 is 0 Å². The number of rotatable bonds is 8. The third-order valence-corrected chi connectivity index (χ3v) is 4.20. The first-order valence-corrected chi connectivity index (χ1v) is 7.39. The Morgan fingerprint density at radius 1 is 1.21 bits per heavy atom. The molecule has 0 fully saturated rings. The van der Waals surface area contributed by atoms with Crippen LogP contribution in [0, 0.1) is 11.3 Å². The van der Waals surface area contributed by atoms with Crippen LogP contribution in [0.5, 0.6) is 0 Å². The summed E-state index contributed by atoms with van der Waals surface area (Å²) >= 11 is 0. The summed E-state index contributed by atoms with van der Waals surface area (Å²) in [5.74, 6) is 0.698. The van der Waals surface area contributed by atoms with Crippen LogP contribution in [0.1, 0.15) is 48.0 Å². The number of hydrogen-bond acceptors (Lipinski definition) is 3. The molecule has 4 heteroatoms. The summed E-state index contributed by atoms with van der Waals surface area (Å²) in [5, 5.41) is 4.15. The fraction of sp³-hybridized carbons (Fsp3) is 0.867. The van der Waals surface area contributed by atoms with Gasteiger partial charge in [0.1, 0.15) is 12.7 Å². The molecule has 0 aliphatic carbocycles. The van der Waals surface area contributed by atoms with Crippen molar-refractivity contribution in [3.05, 3.63) is 12.7 Å². The van der Waals surface area contributed by atoms with E-state index in [4.69, 9.17) is 0 Å². The lowest BCUT2D eigenvalue weighted by molar-refractivity contribution is 0.107. The predicted octanol–water partition coefficient (Wildman–Crippen LogP) is 3.06. The Kier molecular flexibility index (Phi) is 5.98. The van der Waals surface area contributed by atoms with Crippen molar-refractivity contribution >= 4 is 0 Å². The molecule has 0 aliphatic heterocycles. The molecule has 0 radical (unpaired) electrons. The molecule has 1 heterocycles. The fourth-order valence-corrected chi connectivity index (χ4v) is 2.01. The Labute approximate surface area is 118 Å². The maximum absolute atomic E-state index is 4.15. The lowest BCUT2D eigenvalue weighted by Crippen LogP contribution is -2.41. The average molecular weight is 266 g/mol. The van der Waals surface area contributed by atoms with Crippen LogP contribution in [0.15, 0.2) is 12.7 Å². The maximum atomic E-state index is 4.15. The molecule has 0 atom stereocenters. The molecule has 4 nitrogen and oxygen atoms in total. The second-order valence-corrected chi connectivity index (χ2v) is 6.72. The highest BCUT2D eigenvalue weighted by Gasteiger charge is 2.26. The molecule has 0 bridgehead atoms. The molecule has 0 unspecified atom stereocenters. The van der Waals surface area contributed by atoms with Crippen LogP contribution < -0.4 is 0 Å². The second-order valence-electron chi connectivity index (χ2n) is 6.72. The molecule has 0 saturated heterocycles. The molecule has 1 aromatic rings. The molecule has 0 N–H and O–H groups in total. The minimum absolute atomic E-state index is 0.359. The SMILES string of the molecule is CC(C)N(CCCn1cncn1)CC(C)(C)C(C)C. The van der Waals surface area contributed by atoms with E-state index in [1.54, 1.807) is 12.7 Å². The van der Waals surface area contributed by atoms with Crippen molar-refractivity contribution in [3.8, 4) is 0 Å². The molecule has 0 spiro atoms. The molecular formula is C15H30N4. The Balaban J connectivity index is 2.44. The Morgan fingerprint density at radius 2 is 1.89 bits per heavy atom. The summed E-state index contributed by atoms with van der Waals surface area (Å²) < 4.78 is 1.91. The van der Waals surface area contributed by atoms with E-state index in [1.165, 1.54) is 0 Å². The zero-order chi connectivity index (χ0) is 14.5. The summed E-state index contributed by atoms with van der Waals surface area (Å²) in [6.45, 7) is 17.1.